The molecule has 0 unspecified atom stereocenters. The number of sulfone groups is 1. The molecule has 164 valence electrons. The molecule has 0 fully saturated rings. The molecule has 0 saturated carbocycles. The van der Waals surface area contributed by atoms with Crippen LogP contribution in [-0.2, 0) is 25.6 Å². The number of hydrogen-bond acceptors (Lipinski definition) is 4. The van der Waals surface area contributed by atoms with Crippen molar-refractivity contribution >= 4 is 25.5 Å². The molecule has 0 spiro atoms. The number of hydrogen-bond donors (Lipinski definition) is 1. The standard InChI is InChI=1S/C22H21F2NO4S2/c1-15(2)31(28,29)25-22-11-9-19(13-21(22)24)30(26,27)14-18-12-17(8-10-20(18)23)16-6-4-3-5-7-16/h3-13,15,25H,14H2,1-2H3. The van der Waals surface area contributed by atoms with E-state index in [1.165, 1.54) is 26.0 Å². The van der Waals surface area contributed by atoms with Gasteiger partial charge in [0.15, 0.2) is 9.84 Å². The van der Waals surface area contributed by atoms with Gasteiger partial charge in [0.05, 0.1) is 21.6 Å². The summed E-state index contributed by atoms with van der Waals surface area (Å²) in [6.45, 7) is 2.86. The fourth-order valence-electron chi connectivity index (χ4n) is 2.83. The largest absolute Gasteiger partial charge is 0.280 e. The summed E-state index contributed by atoms with van der Waals surface area (Å²) >= 11 is 0. The highest BCUT2D eigenvalue weighted by Crippen LogP contribution is 2.27. The summed E-state index contributed by atoms with van der Waals surface area (Å²) in [5, 5.41) is -0.796. The first-order chi connectivity index (χ1) is 14.5. The van der Waals surface area contributed by atoms with E-state index in [9.17, 15) is 25.6 Å². The van der Waals surface area contributed by atoms with Crippen molar-refractivity contribution in [2.45, 2.75) is 29.7 Å². The first-order valence-electron chi connectivity index (χ1n) is 9.37. The van der Waals surface area contributed by atoms with Gasteiger partial charge in [-0.25, -0.2) is 25.6 Å². The molecule has 0 heterocycles. The van der Waals surface area contributed by atoms with Crippen LogP contribution in [0.2, 0.25) is 0 Å². The lowest BCUT2D eigenvalue weighted by molar-refractivity contribution is 0.583. The van der Waals surface area contributed by atoms with E-state index in [1.54, 1.807) is 6.07 Å². The van der Waals surface area contributed by atoms with Crippen LogP contribution in [-0.4, -0.2) is 22.1 Å². The summed E-state index contributed by atoms with van der Waals surface area (Å²) in [6, 6.07) is 16.1. The summed E-state index contributed by atoms with van der Waals surface area (Å²) in [7, 11) is -7.89. The van der Waals surface area contributed by atoms with Crippen LogP contribution in [0.4, 0.5) is 14.5 Å². The third-order valence-corrected chi connectivity index (χ3v) is 8.08. The minimum atomic E-state index is -4.09. The molecule has 0 aliphatic heterocycles. The molecular formula is C22H21F2NO4S2. The van der Waals surface area contributed by atoms with Gasteiger partial charge in [-0.3, -0.25) is 4.72 Å². The van der Waals surface area contributed by atoms with E-state index in [-0.39, 0.29) is 16.1 Å². The summed E-state index contributed by atoms with van der Waals surface area (Å²) in [6.07, 6.45) is 0. The first-order valence-corrected chi connectivity index (χ1v) is 12.6. The van der Waals surface area contributed by atoms with Crippen molar-refractivity contribution in [3.8, 4) is 11.1 Å². The number of nitrogens with one attached hydrogen (secondary N) is 1. The highest BCUT2D eigenvalue weighted by atomic mass is 32.2. The van der Waals surface area contributed by atoms with Gasteiger partial charge in [0, 0.05) is 5.56 Å². The zero-order valence-corrected chi connectivity index (χ0v) is 18.5. The second-order valence-corrected chi connectivity index (χ2v) is 11.5. The van der Waals surface area contributed by atoms with E-state index in [4.69, 9.17) is 0 Å². The van der Waals surface area contributed by atoms with Crippen molar-refractivity contribution in [3.05, 3.63) is 83.9 Å². The number of benzene rings is 3. The van der Waals surface area contributed by atoms with Gasteiger partial charge < -0.3 is 0 Å². The Morgan fingerprint density at radius 2 is 1.48 bits per heavy atom. The molecule has 5 nitrogen and oxygen atoms in total. The van der Waals surface area contributed by atoms with E-state index in [0.29, 0.717) is 5.56 Å². The molecule has 3 aromatic rings. The number of halogens is 2. The minimum Gasteiger partial charge on any atom is -0.280 e. The van der Waals surface area contributed by atoms with Crippen LogP contribution in [0.25, 0.3) is 11.1 Å². The van der Waals surface area contributed by atoms with Crippen molar-refractivity contribution in [2.75, 3.05) is 4.72 Å². The lowest BCUT2D eigenvalue weighted by Gasteiger charge is -2.13. The maximum atomic E-state index is 14.4. The van der Waals surface area contributed by atoms with Gasteiger partial charge in [0.25, 0.3) is 0 Å². The molecular weight excluding hydrogens is 444 g/mol. The van der Waals surface area contributed by atoms with Crippen LogP contribution >= 0.6 is 0 Å². The Kier molecular flexibility index (Phi) is 6.47. The SMILES string of the molecule is CC(C)S(=O)(=O)Nc1ccc(S(=O)(=O)Cc2cc(-c3ccccc3)ccc2F)cc1F. The quantitative estimate of drug-likeness (QED) is 0.546. The monoisotopic (exact) mass is 465 g/mol. The smallest absolute Gasteiger partial charge is 0.235 e. The van der Waals surface area contributed by atoms with E-state index in [0.717, 1.165) is 23.8 Å². The van der Waals surface area contributed by atoms with Gasteiger partial charge in [-0.1, -0.05) is 36.4 Å². The Morgan fingerprint density at radius 1 is 0.806 bits per heavy atom. The molecule has 0 aromatic heterocycles. The average molecular weight is 466 g/mol. The minimum absolute atomic E-state index is 0.0497. The van der Waals surface area contributed by atoms with Crippen molar-refractivity contribution in [1.29, 1.82) is 0 Å². The summed E-state index contributed by atoms with van der Waals surface area (Å²) in [5.74, 6) is -2.40. The molecule has 3 rings (SSSR count). The molecule has 0 radical (unpaired) electrons. The van der Waals surface area contributed by atoms with Gasteiger partial charge in [0.1, 0.15) is 11.6 Å². The maximum Gasteiger partial charge on any atom is 0.235 e. The lowest BCUT2D eigenvalue weighted by Crippen LogP contribution is -2.23. The molecule has 9 heteroatoms. The fourth-order valence-corrected chi connectivity index (χ4v) is 4.89. The summed E-state index contributed by atoms with van der Waals surface area (Å²) in [5.41, 5.74) is 1.04. The van der Waals surface area contributed by atoms with Gasteiger partial charge in [-0.05, 0) is 55.3 Å². The summed E-state index contributed by atoms with van der Waals surface area (Å²) in [4.78, 5) is -0.373. The zero-order valence-electron chi connectivity index (χ0n) is 16.8. The van der Waals surface area contributed by atoms with Crippen LogP contribution in [0.3, 0.4) is 0 Å². The number of anilines is 1. The van der Waals surface area contributed by atoms with E-state index < -0.39 is 42.5 Å². The van der Waals surface area contributed by atoms with Crippen molar-refractivity contribution < 1.29 is 25.6 Å². The van der Waals surface area contributed by atoms with Crippen LogP contribution in [0.1, 0.15) is 19.4 Å². The lowest BCUT2D eigenvalue weighted by atomic mass is 10.0. The third kappa shape index (κ3) is 5.29. The molecule has 0 aliphatic carbocycles. The Bertz CT molecular complexity index is 1310. The van der Waals surface area contributed by atoms with Crippen molar-refractivity contribution in [1.82, 2.24) is 0 Å². The zero-order chi connectivity index (χ0) is 22.8. The highest BCUT2D eigenvalue weighted by Gasteiger charge is 2.22. The second kappa shape index (κ2) is 8.76. The molecule has 3 aromatic carbocycles. The van der Waals surface area contributed by atoms with Crippen molar-refractivity contribution in [3.63, 3.8) is 0 Å². The van der Waals surface area contributed by atoms with Gasteiger partial charge in [-0.2, -0.15) is 0 Å². The average Bonchev–Trinajstić information content (AvgIpc) is 2.71. The predicted octanol–water partition coefficient (Wildman–Crippen LogP) is 4.76. The number of sulfonamides is 1. The second-order valence-electron chi connectivity index (χ2n) is 7.27. The van der Waals surface area contributed by atoms with E-state index in [1.807, 2.05) is 30.3 Å². The normalized spacial score (nSPS) is 12.2. The summed E-state index contributed by atoms with van der Waals surface area (Å²) < 4.78 is 80.2. The molecule has 1 N–H and O–H groups in total. The number of rotatable bonds is 7. The van der Waals surface area contributed by atoms with E-state index in [2.05, 4.69) is 4.72 Å². The van der Waals surface area contributed by atoms with E-state index >= 15 is 0 Å². The van der Waals surface area contributed by atoms with Crippen LogP contribution in [0.5, 0.6) is 0 Å². The topological polar surface area (TPSA) is 80.3 Å². The van der Waals surface area contributed by atoms with Crippen LogP contribution < -0.4 is 4.72 Å². The maximum absolute atomic E-state index is 14.4. The van der Waals surface area contributed by atoms with Crippen LogP contribution in [0.15, 0.2) is 71.6 Å². The molecule has 0 atom stereocenters. The Hall–Kier alpha value is -2.78. The fraction of sp³-hybridized carbons (Fsp3) is 0.182. The molecule has 0 aliphatic rings. The van der Waals surface area contributed by atoms with Crippen LogP contribution in [0, 0.1) is 11.6 Å². The molecule has 0 amide bonds. The Labute approximate surface area is 180 Å². The van der Waals surface area contributed by atoms with Crippen molar-refractivity contribution in [2.24, 2.45) is 0 Å². The van der Waals surface area contributed by atoms with Gasteiger partial charge >= 0.3 is 0 Å². The molecule has 0 bridgehead atoms. The Balaban J connectivity index is 1.90. The highest BCUT2D eigenvalue weighted by molar-refractivity contribution is 7.93. The molecule has 31 heavy (non-hydrogen) atoms. The predicted molar refractivity (Wildman–Crippen MR) is 117 cm³/mol. The third-order valence-electron chi connectivity index (χ3n) is 4.67. The molecule has 0 saturated heterocycles. The van der Waals surface area contributed by atoms with Gasteiger partial charge in [0.2, 0.25) is 10.0 Å². The first kappa shape index (κ1) is 22.9. The Morgan fingerprint density at radius 3 is 2.10 bits per heavy atom. The van der Waals surface area contributed by atoms with Gasteiger partial charge in [-0.15, -0.1) is 0 Å².